The van der Waals surface area contributed by atoms with Gasteiger partial charge in [-0.2, -0.15) is 0 Å². The van der Waals surface area contributed by atoms with Crippen LogP contribution in [-0.4, -0.2) is 17.3 Å². The first-order chi connectivity index (χ1) is 5.74. The zero-order valence-corrected chi connectivity index (χ0v) is 8.04. The Balaban J connectivity index is 2.75. The minimum absolute atomic E-state index is 0.0394. The van der Waals surface area contributed by atoms with E-state index in [1.54, 1.807) is 18.3 Å². The first-order valence-electron chi connectivity index (χ1n) is 3.59. The van der Waals surface area contributed by atoms with Crippen LogP contribution in [0.15, 0.2) is 22.9 Å². The molecule has 0 amide bonds. The number of carbonyl (C=O) groups is 1. The minimum Gasteiger partial charge on any atom is -0.330 e. The Hall–Kier alpha value is -0.740. The van der Waals surface area contributed by atoms with Gasteiger partial charge in [-0.3, -0.25) is 4.79 Å². The van der Waals surface area contributed by atoms with Crippen LogP contribution >= 0.6 is 15.9 Å². The standard InChI is InChI=1S/C8H9BrN2O/c9-8-2-1-6(5-11-8)7(12)3-4-10/h1-2,5H,3-4,10H2. The molecule has 0 aliphatic heterocycles. The van der Waals surface area contributed by atoms with Gasteiger partial charge in [-0.15, -0.1) is 0 Å². The summed E-state index contributed by atoms with van der Waals surface area (Å²) in [4.78, 5) is 15.2. The molecule has 0 aliphatic rings. The second-order valence-corrected chi connectivity index (χ2v) is 3.14. The zero-order chi connectivity index (χ0) is 8.97. The molecule has 0 atom stereocenters. The van der Waals surface area contributed by atoms with Gasteiger partial charge in [0.2, 0.25) is 0 Å². The van der Waals surface area contributed by atoms with Crippen molar-refractivity contribution in [3.63, 3.8) is 0 Å². The van der Waals surface area contributed by atoms with Gasteiger partial charge in [0.1, 0.15) is 4.60 Å². The maximum Gasteiger partial charge on any atom is 0.165 e. The van der Waals surface area contributed by atoms with E-state index in [-0.39, 0.29) is 5.78 Å². The number of Topliss-reactive ketones (excluding diaryl/α,β-unsaturated/α-hetero) is 1. The van der Waals surface area contributed by atoms with E-state index >= 15 is 0 Å². The van der Waals surface area contributed by atoms with Crippen molar-refractivity contribution in [1.82, 2.24) is 4.98 Å². The summed E-state index contributed by atoms with van der Waals surface area (Å²) in [6.45, 7) is 0.384. The molecule has 2 N–H and O–H groups in total. The molecule has 64 valence electrons. The predicted molar refractivity (Wildman–Crippen MR) is 49.9 cm³/mol. The molecule has 0 aromatic carbocycles. The number of rotatable bonds is 3. The van der Waals surface area contributed by atoms with Crippen molar-refractivity contribution in [2.24, 2.45) is 5.73 Å². The van der Waals surface area contributed by atoms with Crippen molar-refractivity contribution in [1.29, 1.82) is 0 Å². The first-order valence-corrected chi connectivity index (χ1v) is 4.38. The van der Waals surface area contributed by atoms with E-state index in [0.717, 1.165) is 4.60 Å². The van der Waals surface area contributed by atoms with Gasteiger partial charge in [0, 0.05) is 18.2 Å². The smallest absolute Gasteiger partial charge is 0.165 e. The molecule has 0 saturated heterocycles. The monoisotopic (exact) mass is 228 g/mol. The highest BCUT2D eigenvalue weighted by molar-refractivity contribution is 9.10. The third kappa shape index (κ3) is 2.39. The maximum absolute atomic E-state index is 11.2. The van der Waals surface area contributed by atoms with E-state index in [2.05, 4.69) is 20.9 Å². The van der Waals surface area contributed by atoms with Crippen LogP contribution in [0.5, 0.6) is 0 Å². The van der Waals surface area contributed by atoms with Gasteiger partial charge in [0.05, 0.1) is 0 Å². The molecule has 0 aliphatic carbocycles. The van der Waals surface area contributed by atoms with Crippen molar-refractivity contribution < 1.29 is 4.79 Å². The molecule has 0 spiro atoms. The fourth-order valence-corrected chi connectivity index (χ4v) is 1.05. The molecule has 1 heterocycles. The van der Waals surface area contributed by atoms with Gasteiger partial charge in [0.25, 0.3) is 0 Å². The summed E-state index contributed by atoms with van der Waals surface area (Å²) in [6.07, 6.45) is 1.92. The van der Waals surface area contributed by atoms with E-state index in [1.807, 2.05) is 0 Å². The molecular formula is C8H9BrN2O. The molecule has 1 aromatic rings. The molecule has 0 fully saturated rings. The Kier molecular flexibility index (Phi) is 3.37. The Morgan fingerprint density at radius 3 is 2.83 bits per heavy atom. The number of pyridine rings is 1. The Morgan fingerprint density at radius 2 is 2.33 bits per heavy atom. The minimum atomic E-state index is 0.0394. The number of hydrogen-bond donors (Lipinski definition) is 1. The third-order valence-electron chi connectivity index (χ3n) is 1.42. The summed E-state index contributed by atoms with van der Waals surface area (Å²) < 4.78 is 0.729. The van der Waals surface area contributed by atoms with E-state index in [0.29, 0.717) is 18.5 Å². The normalized spacial score (nSPS) is 9.83. The van der Waals surface area contributed by atoms with Crippen LogP contribution in [-0.2, 0) is 0 Å². The second kappa shape index (κ2) is 4.33. The lowest BCUT2D eigenvalue weighted by molar-refractivity contribution is 0.0985. The van der Waals surface area contributed by atoms with Crippen molar-refractivity contribution >= 4 is 21.7 Å². The Labute approximate surface area is 79.1 Å². The number of nitrogens with zero attached hydrogens (tertiary/aromatic N) is 1. The van der Waals surface area contributed by atoms with Crippen molar-refractivity contribution in [2.45, 2.75) is 6.42 Å². The van der Waals surface area contributed by atoms with E-state index < -0.39 is 0 Å². The van der Waals surface area contributed by atoms with Gasteiger partial charge in [0.15, 0.2) is 5.78 Å². The number of halogens is 1. The third-order valence-corrected chi connectivity index (χ3v) is 1.89. The average Bonchev–Trinajstić information content (AvgIpc) is 2.06. The van der Waals surface area contributed by atoms with Gasteiger partial charge >= 0.3 is 0 Å². The molecule has 0 unspecified atom stereocenters. The quantitative estimate of drug-likeness (QED) is 0.629. The highest BCUT2D eigenvalue weighted by Crippen LogP contribution is 2.07. The zero-order valence-electron chi connectivity index (χ0n) is 6.46. The summed E-state index contributed by atoms with van der Waals surface area (Å²) in [5, 5.41) is 0. The maximum atomic E-state index is 11.2. The number of ketones is 1. The number of carbonyl (C=O) groups excluding carboxylic acids is 1. The number of hydrogen-bond acceptors (Lipinski definition) is 3. The van der Waals surface area contributed by atoms with Crippen LogP contribution < -0.4 is 5.73 Å². The van der Waals surface area contributed by atoms with Crippen LogP contribution in [0.1, 0.15) is 16.8 Å². The highest BCUT2D eigenvalue weighted by atomic mass is 79.9. The van der Waals surface area contributed by atoms with Crippen molar-refractivity contribution in [3.05, 3.63) is 28.5 Å². The molecule has 0 radical (unpaired) electrons. The molecule has 1 rings (SSSR count). The lowest BCUT2D eigenvalue weighted by Crippen LogP contribution is -2.08. The van der Waals surface area contributed by atoms with E-state index in [1.165, 1.54) is 0 Å². The van der Waals surface area contributed by atoms with Gasteiger partial charge in [-0.25, -0.2) is 4.98 Å². The van der Waals surface area contributed by atoms with Crippen LogP contribution in [0.3, 0.4) is 0 Å². The van der Waals surface area contributed by atoms with Crippen LogP contribution in [0, 0.1) is 0 Å². The average molecular weight is 229 g/mol. The summed E-state index contributed by atoms with van der Waals surface area (Å²) in [5.74, 6) is 0.0394. The predicted octanol–water partition coefficient (Wildman–Crippen LogP) is 1.38. The van der Waals surface area contributed by atoms with Gasteiger partial charge in [-0.05, 0) is 34.6 Å². The van der Waals surface area contributed by atoms with Gasteiger partial charge < -0.3 is 5.73 Å². The fraction of sp³-hybridized carbons (Fsp3) is 0.250. The largest absolute Gasteiger partial charge is 0.330 e. The Morgan fingerprint density at radius 1 is 1.58 bits per heavy atom. The topological polar surface area (TPSA) is 56.0 Å². The number of nitrogens with two attached hydrogens (primary N) is 1. The summed E-state index contributed by atoms with van der Waals surface area (Å²) >= 11 is 3.19. The van der Waals surface area contributed by atoms with E-state index in [9.17, 15) is 4.79 Å². The van der Waals surface area contributed by atoms with Crippen LogP contribution in [0.4, 0.5) is 0 Å². The first kappa shape index (κ1) is 9.35. The number of aromatic nitrogens is 1. The molecule has 0 bridgehead atoms. The lowest BCUT2D eigenvalue weighted by Gasteiger charge is -1.97. The SMILES string of the molecule is NCCC(=O)c1ccc(Br)nc1. The lowest BCUT2D eigenvalue weighted by atomic mass is 10.1. The highest BCUT2D eigenvalue weighted by Gasteiger charge is 2.03. The molecule has 4 heteroatoms. The molecule has 0 saturated carbocycles. The van der Waals surface area contributed by atoms with Crippen molar-refractivity contribution in [2.75, 3.05) is 6.54 Å². The summed E-state index contributed by atoms with van der Waals surface area (Å²) in [7, 11) is 0. The molecule has 3 nitrogen and oxygen atoms in total. The van der Waals surface area contributed by atoms with E-state index in [4.69, 9.17) is 5.73 Å². The molecule has 1 aromatic heterocycles. The molecular weight excluding hydrogens is 220 g/mol. The summed E-state index contributed by atoms with van der Waals surface area (Å²) in [5.41, 5.74) is 5.86. The second-order valence-electron chi connectivity index (χ2n) is 2.33. The van der Waals surface area contributed by atoms with Crippen LogP contribution in [0.2, 0.25) is 0 Å². The molecule has 12 heavy (non-hydrogen) atoms. The Bertz CT molecular complexity index is 271. The van der Waals surface area contributed by atoms with Gasteiger partial charge in [-0.1, -0.05) is 0 Å². The summed E-state index contributed by atoms with van der Waals surface area (Å²) in [6, 6.07) is 3.47. The van der Waals surface area contributed by atoms with Crippen molar-refractivity contribution in [3.8, 4) is 0 Å². The fourth-order valence-electron chi connectivity index (χ4n) is 0.816. The van der Waals surface area contributed by atoms with Crippen LogP contribution in [0.25, 0.3) is 0 Å².